The highest BCUT2D eigenvalue weighted by molar-refractivity contribution is 7.98. The van der Waals surface area contributed by atoms with Crippen LogP contribution in [0.2, 0.25) is 0 Å². The van der Waals surface area contributed by atoms with E-state index in [0.29, 0.717) is 61.2 Å². The van der Waals surface area contributed by atoms with E-state index in [2.05, 4.69) is 5.32 Å². The van der Waals surface area contributed by atoms with Crippen molar-refractivity contribution >= 4 is 45.4 Å². The minimum absolute atomic E-state index is 0.229. The van der Waals surface area contributed by atoms with Gasteiger partial charge >= 0.3 is 11.7 Å². The normalized spacial score (nSPS) is 11.0. The molecule has 0 atom stereocenters. The maximum Gasteiger partial charge on any atom is 0.411 e. The Bertz CT molecular complexity index is 1850. The van der Waals surface area contributed by atoms with Gasteiger partial charge < -0.3 is 18.6 Å². The molecule has 10 nitrogen and oxygen atoms in total. The smallest absolute Gasteiger partial charge is 0.411 e. The topological polar surface area (TPSA) is 122 Å². The molecule has 1 N–H and O–H groups in total. The van der Waals surface area contributed by atoms with Crippen LogP contribution in [0.15, 0.2) is 85.9 Å². The molecule has 11 heteroatoms. The van der Waals surface area contributed by atoms with Crippen LogP contribution in [-0.4, -0.2) is 36.5 Å². The number of carbonyl (C=O) groups is 1. The molecule has 0 radical (unpaired) electrons. The summed E-state index contributed by atoms with van der Waals surface area (Å²) in [6.07, 6.45) is -0.605. The maximum atomic E-state index is 13.7. The number of fused-ring (bicyclic) bond motifs is 2. The summed E-state index contributed by atoms with van der Waals surface area (Å²) in [5, 5.41) is 4.18. The van der Waals surface area contributed by atoms with Crippen LogP contribution in [0.3, 0.4) is 0 Å². The molecule has 0 fully saturated rings. The van der Waals surface area contributed by atoms with Gasteiger partial charge in [-0.05, 0) is 48.9 Å². The molecule has 0 saturated carbocycles. The standard InChI is InChI=1S/C29H25N3O7S/c1-4-38-29(35)30-18-9-11-20-17(13-26(33)39-24(20)14-18)16-40-28-31-22-8-6-5-7-21(22)27(34)32(28)19-10-12-23(36-2)25(15-19)37-3/h5-15H,4,16H2,1-3H3,(H,30,35). The summed E-state index contributed by atoms with van der Waals surface area (Å²) in [6, 6.07) is 18.7. The summed E-state index contributed by atoms with van der Waals surface area (Å²) < 4.78 is 22.6. The monoisotopic (exact) mass is 559 g/mol. The second-order valence-corrected chi connectivity index (χ2v) is 9.47. The Hall–Kier alpha value is -4.77. The Morgan fingerprint density at radius 2 is 1.77 bits per heavy atom. The maximum absolute atomic E-state index is 13.7. The molecule has 2 aromatic heterocycles. The molecule has 0 spiro atoms. The molecule has 0 aliphatic heterocycles. The number of para-hydroxylation sites is 1. The fraction of sp³-hybridized carbons (Fsp3) is 0.172. The lowest BCUT2D eigenvalue weighted by atomic mass is 10.1. The molecule has 40 heavy (non-hydrogen) atoms. The predicted octanol–water partition coefficient (Wildman–Crippen LogP) is 5.37. The van der Waals surface area contributed by atoms with Gasteiger partial charge in [0.25, 0.3) is 5.56 Å². The van der Waals surface area contributed by atoms with Crippen molar-refractivity contribution < 1.29 is 23.4 Å². The lowest BCUT2D eigenvalue weighted by Gasteiger charge is -2.15. The number of nitrogens with one attached hydrogen (secondary N) is 1. The van der Waals surface area contributed by atoms with Crippen LogP contribution in [-0.2, 0) is 10.5 Å². The first-order valence-electron chi connectivity index (χ1n) is 12.3. The third kappa shape index (κ3) is 5.36. The number of amides is 1. The third-order valence-electron chi connectivity index (χ3n) is 6.08. The predicted molar refractivity (Wildman–Crippen MR) is 153 cm³/mol. The highest BCUT2D eigenvalue weighted by atomic mass is 32.2. The summed E-state index contributed by atoms with van der Waals surface area (Å²) in [5.74, 6) is 1.31. The van der Waals surface area contributed by atoms with Crippen LogP contribution in [0.5, 0.6) is 11.5 Å². The number of ether oxygens (including phenoxy) is 3. The summed E-state index contributed by atoms with van der Waals surface area (Å²) >= 11 is 1.30. The van der Waals surface area contributed by atoms with E-state index >= 15 is 0 Å². The van der Waals surface area contributed by atoms with E-state index in [4.69, 9.17) is 23.6 Å². The van der Waals surface area contributed by atoms with Crippen molar-refractivity contribution in [2.24, 2.45) is 0 Å². The number of methoxy groups -OCH3 is 2. The quantitative estimate of drug-likeness (QED) is 0.152. The van der Waals surface area contributed by atoms with Crippen molar-refractivity contribution in [2.45, 2.75) is 17.8 Å². The van der Waals surface area contributed by atoms with Crippen molar-refractivity contribution in [3.63, 3.8) is 0 Å². The zero-order valence-electron chi connectivity index (χ0n) is 21.9. The lowest BCUT2D eigenvalue weighted by Crippen LogP contribution is -2.21. The molecule has 0 unspecified atom stereocenters. The fourth-order valence-electron chi connectivity index (χ4n) is 4.26. The van der Waals surface area contributed by atoms with Crippen LogP contribution in [0, 0.1) is 0 Å². The van der Waals surface area contributed by atoms with Crippen LogP contribution in [0.4, 0.5) is 10.5 Å². The zero-order chi connectivity index (χ0) is 28.2. The molecule has 0 saturated heterocycles. The minimum Gasteiger partial charge on any atom is -0.493 e. The number of carbonyl (C=O) groups excluding carboxylic acids is 1. The average molecular weight is 560 g/mol. The average Bonchev–Trinajstić information content (AvgIpc) is 2.95. The summed E-state index contributed by atoms with van der Waals surface area (Å²) in [6.45, 7) is 1.94. The molecule has 0 aliphatic rings. The van der Waals surface area contributed by atoms with Crippen molar-refractivity contribution in [1.82, 2.24) is 9.55 Å². The molecule has 2 heterocycles. The Labute approximate surface area is 232 Å². The van der Waals surface area contributed by atoms with E-state index in [-0.39, 0.29) is 12.2 Å². The van der Waals surface area contributed by atoms with E-state index in [1.165, 1.54) is 29.5 Å². The van der Waals surface area contributed by atoms with Gasteiger partial charge in [0.1, 0.15) is 5.58 Å². The largest absolute Gasteiger partial charge is 0.493 e. The van der Waals surface area contributed by atoms with Crippen LogP contribution < -0.4 is 26.0 Å². The number of aromatic nitrogens is 2. The van der Waals surface area contributed by atoms with Gasteiger partial charge in [0.2, 0.25) is 0 Å². The van der Waals surface area contributed by atoms with Crippen LogP contribution >= 0.6 is 11.8 Å². The first-order valence-corrected chi connectivity index (χ1v) is 13.3. The number of hydrogen-bond acceptors (Lipinski definition) is 9. The molecule has 0 bridgehead atoms. The first-order chi connectivity index (χ1) is 19.4. The van der Waals surface area contributed by atoms with E-state index in [1.54, 1.807) is 68.6 Å². The van der Waals surface area contributed by atoms with Crippen LogP contribution in [0.25, 0.3) is 27.6 Å². The van der Waals surface area contributed by atoms with Crippen molar-refractivity contribution in [1.29, 1.82) is 0 Å². The Balaban J connectivity index is 1.56. The Morgan fingerprint density at radius 1 is 0.975 bits per heavy atom. The number of nitrogens with zero attached hydrogens (tertiary/aromatic N) is 2. The summed E-state index contributed by atoms with van der Waals surface area (Å²) in [7, 11) is 3.07. The minimum atomic E-state index is -0.605. The molecule has 5 aromatic rings. The summed E-state index contributed by atoms with van der Waals surface area (Å²) in [5.41, 5.74) is 1.74. The molecule has 3 aromatic carbocycles. The SMILES string of the molecule is CCOC(=O)Nc1ccc2c(CSc3nc4ccccc4c(=O)n3-c3ccc(OC)c(OC)c3)cc(=O)oc2c1. The van der Waals surface area contributed by atoms with E-state index in [9.17, 15) is 14.4 Å². The van der Waals surface area contributed by atoms with Crippen molar-refractivity contribution in [3.05, 3.63) is 93.1 Å². The van der Waals surface area contributed by atoms with Gasteiger partial charge in [-0.25, -0.2) is 14.6 Å². The van der Waals surface area contributed by atoms with Gasteiger partial charge in [-0.3, -0.25) is 14.7 Å². The van der Waals surface area contributed by atoms with E-state index in [0.717, 1.165) is 0 Å². The molecule has 5 rings (SSSR count). The van der Waals surface area contributed by atoms with Gasteiger partial charge in [-0.2, -0.15) is 0 Å². The van der Waals surface area contributed by atoms with Gasteiger partial charge in [0.05, 0.1) is 37.4 Å². The van der Waals surface area contributed by atoms with E-state index in [1.807, 2.05) is 6.07 Å². The Kier molecular flexibility index (Phi) is 7.74. The second kappa shape index (κ2) is 11.5. The number of rotatable bonds is 8. The first kappa shape index (κ1) is 26.8. The van der Waals surface area contributed by atoms with Gasteiger partial charge in [0.15, 0.2) is 16.7 Å². The molecule has 204 valence electrons. The number of thioether (sulfide) groups is 1. The van der Waals surface area contributed by atoms with Gasteiger partial charge in [-0.1, -0.05) is 23.9 Å². The molecular weight excluding hydrogens is 534 g/mol. The summed E-state index contributed by atoms with van der Waals surface area (Å²) in [4.78, 5) is 42.7. The second-order valence-electron chi connectivity index (χ2n) is 8.53. The highest BCUT2D eigenvalue weighted by Gasteiger charge is 2.17. The van der Waals surface area contributed by atoms with Crippen molar-refractivity contribution in [2.75, 3.05) is 26.1 Å². The number of benzene rings is 3. The van der Waals surface area contributed by atoms with Gasteiger partial charge in [-0.15, -0.1) is 0 Å². The molecule has 0 aliphatic carbocycles. The van der Waals surface area contributed by atoms with Crippen molar-refractivity contribution in [3.8, 4) is 17.2 Å². The zero-order valence-corrected chi connectivity index (χ0v) is 22.7. The van der Waals surface area contributed by atoms with E-state index < -0.39 is 11.7 Å². The highest BCUT2D eigenvalue weighted by Crippen LogP contribution is 2.32. The number of hydrogen-bond donors (Lipinski definition) is 1. The third-order valence-corrected chi connectivity index (χ3v) is 7.07. The molecule has 1 amide bonds. The Morgan fingerprint density at radius 3 is 2.55 bits per heavy atom. The molecular formula is C29H25N3O7S. The fourth-order valence-corrected chi connectivity index (χ4v) is 5.26. The van der Waals surface area contributed by atoms with Gasteiger partial charge in [0, 0.05) is 35.0 Å². The van der Waals surface area contributed by atoms with Crippen LogP contribution in [0.1, 0.15) is 12.5 Å². The number of anilines is 1. The lowest BCUT2D eigenvalue weighted by molar-refractivity contribution is 0.168.